The fraction of sp³-hybridized carbons (Fsp3) is 0.300. The molecule has 0 radical (unpaired) electrons. The van der Waals surface area contributed by atoms with E-state index in [4.69, 9.17) is 9.73 Å². The van der Waals surface area contributed by atoms with E-state index in [2.05, 4.69) is 37.0 Å². The lowest BCUT2D eigenvalue weighted by Crippen LogP contribution is -2.59. The van der Waals surface area contributed by atoms with Gasteiger partial charge >= 0.3 is 0 Å². The topological polar surface area (TPSA) is 112 Å². The number of morpholine rings is 1. The van der Waals surface area contributed by atoms with E-state index < -0.39 is 0 Å². The number of nitrogens with zero attached hydrogens (tertiary/aromatic N) is 5. The maximum Gasteiger partial charge on any atom is 0.243 e. The number of nitrogens with one attached hydrogen (secondary N) is 2. The molecule has 0 aliphatic carbocycles. The molecule has 2 fully saturated rings. The first-order chi connectivity index (χ1) is 19.6. The summed E-state index contributed by atoms with van der Waals surface area (Å²) in [5.74, 6) is 0.621. The van der Waals surface area contributed by atoms with Crippen LogP contribution in [0.5, 0.6) is 0 Å². The lowest BCUT2D eigenvalue weighted by atomic mass is 10.0. The van der Waals surface area contributed by atoms with Gasteiger partial charge in [0.2, 0.25) is 11.8 Å². The summed E-state index contributed by atoms with van der Waals surface area (Å²) in [5.41, 5.74) is 6.53. The second-order valence-electron chi connectivity index (χ2n) is 10.1. The Bertz CT molecular complexity index is 1460. The molecule has 3 aliphatic rings. The number of hydrogen-bond acceptors (Lipinski definition) is 8. The normalized spacial score (nSPS) is 16.6. The van der Waals surface area contributed by atoms with Gasteiger partial charge in [0.1, 0.15) is 5.69 Å². The number of benzene rings is 1. The van der Waals surface area contributed by atoms with Crippen LogP contribution in [0.25, 0.3) is 0 Å². The third-order valence-electron chi connectivity index (χ3n) is 7.33. The van der Waals surface area contributed by atoms with Crippen LogP contribution in [0.2, 0.25) is 0 Å². The van der Waals surface area contributed by atoms with Crippen LogP contribution in [0, 0.1) is 0 Å². The molecule has 5 heterocycles. The first kappa shape index (κ1) is 25.7. The average molecular weight is 538 g/mol. The molecule has 3 aromatic rings. The van der Waals surface area contributed by atoms with Crippen molar-refractivity contribution < 1.29 is 14.3 Å². The summed E-state index contributed by atoms with van der Waals surface area (Å²) < 4.78 is 5.49. The van der Waals surface area contributed by atoms with Gasteiger partial charge in [-0.15, -0.1) is 0 Å². The number of amides is 2. The van der Waals surface area contributed by atoms with Crippen LogP contribution in [-0.4, -0.2) is 72.9 Å². The lowest BCUT2D eigenvalue weighted by molar-refractivity contribution is -0.117. The monoisotopic (exact) mass is 537 g/mol. The van der Waals surface area contributed by atoms with Crippen molar-refractivity contribution in [2.24, 2.45) is 4.99 Å². The second-order valence-corrected chi connectivity index (χ2v) is 10.1. The molecule has 0 saturated carbocycles. The van der Waals surface area contributed by atoms with Crippen LogP contribution in [0.15, 0.2) is 72.5 Å². The molecule has 0 unspecified atom stereocenters. The van der Waals surface area contributed by atoms with Crippen LogP contribution in [-0.2, 0) is 27.2 Å². The van der Waals surface area contributed by atoms with E-state index in [1.54, 1.807) is 6.20 Å². The highest BCUT2D eigenvalue weighted by molar-refractivity contribution is 6.08. The van der Waals surface area contributed by atoms with Gasteiger partial charge in [-0.3, -0.25) is 14.6 Å². The molecule has 40 heavy (non-hydrogen) atoms. The van der Waals surface area contributed by atoms with Crippen LogP contribution >= 0.6 is 0 Å². The van der Waals surface area contributed by atoms with Gasteiger partial charge in [-0.1, -0.05) is 18.7 Å². The summed E-state index contributed by atoms with van der Waals surface area (Å²) in [7, 11) is 0. The van der Waals surface area contributed by atoms with Crippen molar-refractivity contribution >= 4 is 40.4 Å². The van der Waals surface area contributed by atoms with Crippen LogP contribution in [0.1, 0.15) is 16.8 Å². The minimum Gasteiger partial charge on any atom is -0.378 e. The Morgan fingerprint density at radius 1 is 1.02 bits per heavy atom. The van der Waals surface area contributed by atoms with Crippen molar-refractivity contribution in [2.75, 3.05) is 54.5 Å². The number of ether oxygens (including phenoxy) is 1. The third-order valence-corrected chi connectivity index (χ3v) is 7.33. The number of pyridine rings is 2. The molecule has 2 N–H and O–H groups in total. The van der Waals surface area contributed by atoms with Gasteiger partial charge in [-0.25, -0.2) is 9.98 Å². The number of hydrogen-bond donors (Lipinski definition) is 2. The van der Waals surface area contributed by atoms with Crippen molar-refractivity contribution in [3.8, 4) is 0 Å². The van der Waals surface area contributed by atoms with Crippen LogP contribution in [0.4, 0.5) is 22.9 Å². The number of fused-ring (bicyclic) bond motifs is 1. The van der Waals surface area contributed by atoms with Crippen molar-refractivity contribution in [3.63, 3.8) is 0 Å². The zero-order valence-electron chi connectivity index (χ0n) is 22.2. The summed E-state index contributed by atoms with van der Waals surface area (Å²) >= 11 is 0. The van der Waals surface area contributed by atoms with Gasteiger partial charge in [0.05, 0.1) is 37.1 Å². The molecular formula is C30H31N7O3. The lowest BCUT2D eigenvalue weighted by Gasteiger charge is -2.41. The molecule has 2 aromatic heterocycles. The zero-order chi connectivity index (χ0) is 27.5. The van der Waals surface area contributed by atoms with Gasteiger partial charge in [0.15, 0.2) is 5.82 Å². The maximum absolute atomic E-state index is 12.8. The van der Waals surface area contributed by atoms with E-state index in [1.807, 2.05) is 48.7 Å². The molecule has 0 atom stereocenters. The molecule has 10 nitrogen and oxygen atoms in total. The van der Waals surface area contributed by atoms with E-state index in [-0.39, 0.29) is 24.3 Å². The molecule has 10 heteroatoms. The zero-order valence-corrected chi connectivity index (χ0v) is 22.2. The molecular weight excluding hydrogens is 506 g/mol. The molecule has 3 aliphatic heterocycles. The molecule has 0 spiro atoms. The summed E-state index contributed by atoms with van der Waals surface area (Å²) in [6.45, 7) is 7.94. The van der Waals surface area contributed by atoms with Gasteiger partial charge in [0.25, 0.3) is 0 Å². The minimum absolute atomic E-state index is 0.0984. The molecule has 6 rings (SSSR count). The van der Waals surface area contributed by atoms with Gasteiger partial charge < -0.3 is 25.2 Å². The highest BCUT2D eigenvalue weighted by atomic mass is 16.5. The Morgan fingerprint density at radius 3 is 2.58 bits per heavy atom. The highest BCUT2D eigenvalue weighted by Gasteiger charge is 2.28. The fourth-order valence-corrected chi connectivity index (χ4v) is 5.19. The fourth-order valence-electron chi connectivity index (χ4n) is 5.19. The van der Waals surface area contributed by atoms with Gasteiger partial charge in [0, 0.05) is 56.4 Å². The largest absolute Gasteiger partial charge is 0.378 e. The first-order valence-electron chi connectivity index (χ1n) is 13.5. The van der Waals surface area contributed by atoms with Gasteiger partial charge in [-0.05, 0) is 47.5 Å². The standard InChI is InChI=1S/C30H31N7O3/c1-2-27(38)34-24-18-37(19-24)25-8-10-31-23(16-25)17-28(39)33-22-5-3-20(4-6-22)26-15-21-7-9-32-30(29(21)35-26)36-11-13-40-14-12-36/h2-10,16,24H,1,11-15,17-19H2,(H,33,39)(H,34,38). The second kappa shape index (κ2) is 11.3. The van der Waals surface area contributed by atoms with E-state index >= 15 is 0 Å². The predicted octanol–water partition coefficient (Wildman–Crippen LogP) is 2.66. The van der Waals surface area contributed by atoms with Crippen LogP contribution in [0.3, 0.4) is 0 Å². The van der Waals surface area contributed by atoms with Crippen molar-refractivity contribution in [1.82, 2.24) is 15.3 Å². The Labute approximate surface area is 232 Å². The Hall–Kier alpha value is -4.57. The maximum atomic E-state index is 12.8. The smallest absolute Gasteiger partial charge is 0.243 e. The summed E-state index contributed by atoms with van der Waals surface area (Å²) in [5, 5.41) is 5.86. The number of aromatic nitrogens is 2. The minimum atomic E-state index is -0.165. The Morgan fingerprint density at radius 2 is 1.80 bits per heavy atom. The number of aliphatic imine (C=N–C) groups is 1. The molecule has 2 saturated heterocycles. The molecule has 2 amide bonds. The SMILES string of the molecule is C=CC(=O)NC1CN(c2ccnc(CC(=O)Nc3ccc(C4=Nc5c(ccnc5N5CCOCC5)C4)cc3)c2)C1. The summed E-state index contributed by atoms with van der Waals surface area (Å²) in [4.78, 5) is 42.5. The number of rotatable bonds is 8. The van der Waals surface area contributed by atoms with Crippen molar-refractivity contribution in [3.05, 3.63) is 84.3 Å². The summed E-state index contributed by atoms with van der Waals surface area (Å²) in [6.07, 6.45) is 5.76. The first-order valence-corrected chi connectivity index (χ1v) is 13.5. The van der Waals surface area contributed by atoms with E-state index in [0.717, 1.165) is 53.7 Å². The quantitative estimate of drug-likeness (QED) is 0.425. The van der Waals surface area contributed by atoms with Gasteiger partial charge in [-0.2, -0.15) is 0 Å². The molecule has 1 aromatic carbocycles. The highest BCUT2D eigenvalue weighted by Crippen LogP contribution is 2.36. The number of carbonyl (C=O) groups excluding carboxylic acids is 2. The number of carbonyl (C=O) groups is 2. The van der Waals surface area contributed by atoms with Crippen molar-refractivity contribution in [2.45, 2.75) is 18.9 Å². The van der Waals surface area contributed by atoms with Crippen LogP contribution < -0.4 is 20.4 Å². The van der Waals surface area contributed by atoms with Crippen molar-refractivity contribution in [1.29, 1.82) is 0 Å². The van der Waals surface area contributed by atoms with E-state index in [1.165, 1.54) is 11.6 Å². The third kappa shape index (κ3) is 5.57. The summed E-state index contributed by atoms with van der Waals surface area (Å²) in [6, 6.07) is 13.8. The average Bonchev–Trinajstić information content (AvgIpc) is 3.40. The van der Waals surface area contributed by atoms with E-state index in [0.29, 0.717) is 32.0 Å². The Balaban J connectivity index is 1.05. The van der Waals surface area contributed by atoms with E-state index in [9.17, 15) is 9.59 Å². The molecule has 0 bridgehead atoms. The molecule has 204 valence electrons. The number of anilines is 3. The Kier molecular flexibility index (Phi) is 7.24. The predicted molar refractivity (Wildman–Crippen MR) is 155 cm³/mol.